The van der Waals surface area contributed by atoms with Crippen molar-refractivity contribution >= 4 is 0 Å². The Morgan fingerprint density at radius 2 is 1.81 bits per heavy atom. The van der Waals surface area contributed by atoms with Gasteiger partial charge in [-0.05, 0) is 37.5 Å². The maximum Gasteiger partial charge on any atom is 0.195 e. The zero-order valence-corrected chi connectivity index (χ0v) is 9.65. The summed E-state index contributed by atoms with van der Waals surface area (Å²) in [6, 6.07) is 3.91. The van der Waals surface area contributed by atoms with Gasteiger partial charge in [0.15, 0.2) is 5.82 Å². The Kier molecular flexibility index (Phi) is 2.70. The normalized spacial score (nSPS) is 12.8. The highest BCUT2D eigenvalue weighted by Gasteiger charge is 2.17. The fourth-order valence-corrected chi connectivity index (χ4v) is 2.11. The molecule has 0 amide bonds. The number of nitrogens with zero attached hydrogens (tertiary/aromatic N) is 3. The van der Waals surface area contributed by atoms with E-state index in [1.165, 1.54) is 5.56 Å². The van der Waals surface area contributed by atoms with Crippen molar-refractivity contribution in [3.05, 3.63) is 40.2 Å². The van der Waals surface area contributed by atoms with Gasteiger partial charge in [-0.15, -0.1) is 10.2 Å². The summed E-state index contributed by atoms with van der Waals surface area (Å²) in [6.45, 7) is 6.17. The number of hydrogen-bond acceptors (Lipinski definition) is 4. The van der Waals surface area contributed by atoms with Crippen molar-refractivity contribution < 1.29 is 0 Å². The Morgan fingerprint density at radius 1 is 1.19 bits per heavy atom. The number of aromatic nitrogens is 4. The first-order valence-corrected chi connectivity index (χ1v) is 5.16. The molecular weight excluding hydrogens is 202 g/mol. The third kappa shape index (κ3) is 1.81. The van der Waals surface area contributed by atoms with Gasteiger partial charge in [-0.3, -0.25) is 0 Å². The summed E-state index contributed by atoms with van der Waals surface area (Å²) in [5, 5.41) is 13.8. The number of hydrogen-bond donors (Lipinski definition) is 2. The maximum absolute atomic E-state index is 6.13. The van der Waals surface area contributed by atoms with Crippen LogP contribution in [0.25, 0.3) is 0 Å². The molecule has 1 aromatic carbocycles. The van der Waals surface area contributed by atoms with Crippen LogP contribution < -0.4 is 5.73 Å². The lowest BCUT2D eigenvalue weighted by Crippen LogP contribution is -2.16. The van der Waals surface area contributed by atoms with E-state index in [0.29, 0.717) is 5.82 Å². The third-order valence-corrected chi connectivity index (χ3v) is 2.69. The van der Waals surface area contributed by atoms with Crippen molar-refractivity contribution in [2.24, 2.45) is 5.73 Å². The Labute approximate surface area is 94.1 Å². The summed E-state index contributed by atoms with van der Waals surface area (Å²) in [6.07, 6.45) is 0. The van der Waals surface area contributed by atoms with Gasteiger partial charge < -0.3 is 5.73 Å². The van der Waals surface area contributed by atoms with Crippen LogP contribution in [0.4, 0.5) is 0 Å². The molecule has 0 aliphatic heterocycles. The predicted molar refractivity (Wildman–Crippen MR) is 60.9 cm³/mol. The lowest BCUT2D eigenvalue weighted by atomic mass is 9.94. The van der Waals surface area contributed by atoms with E-state index in [9.17, 15) is 0 Å². The van der Waals surface area contributed by atoms with Crippen LogP contribution in [0.3, 0.4) is 0 Å². The van der Waals surface area contributed by atoms with Gasteiger partial charge in [-0.1, -0.05) is 22.9 Å². The summed E-state index contributed by atoms with van der Waals surface area (Å²) in [5.74, 6) is 0.523. The second-order valence-corrected chi connectivity index (χ2v) is 4.06. The minimum atomic E-state index is -0.320. The Hall–Kier alpha value is -1.75. The Balaban J connectivity index is 2.48. The number of aryl methyl sites for hydroxylation is 3. The molecule has 3 N–H and O–H groups in total. The molecule has 5 heteroatoms. The molecule has 0 fully saturated rings. The highest BCUT2D eigenvalue weighted by Crippen LogP contribution is 2.24. The van der Waals surface area contributed by atoms with Crippen LogP contribution in [0.15, 0.2) is 12.1 Å². The summed E-state index contributed by atoms with van der Waals surface area (Å²) >= 11 is 0. The van der Waals surface area contributed by atoms with Gasteiger partial charge in [0.05, 0.1) is 6.04 Å². The average molecular weight is 217 g/mol. The highest BCUT2D eigenvalue weighted by atomic mass is 15.5. The number of nitrogens with one attached hydrogen (secondary N) is 1. The largest absolute Gasteiger partial charge is 0.318 e. The zero-order chi connectivity index (χ0) is 11.7. The smallest absolute Gasteiger partial charge is 0.195 e. The monoisotopic (exact) mass is 217 g/mol. The van der Waals surface area contributed by atoms with E-state index < -0.39 is 0 Å². The van der Waals surface area contributed by atoms with Gasteiger partial charge in [0.25, 0.3) is 0 Å². The number of benzene rings is 1. The Bertz CT molecular complexity index is 466. The number of aromatic amines is 1. The second-order valence-electron chi connectivity index (χ2n) is 4.06. The molecule has 84 valence electrons. The summed E-state index contributed by atoms with van der Waals surface area (Å²) in [5.41, 5.74) is 10.8. The van der Waals surface area contributed by atoms with E-state index in [-0.39, 0.29) is 6.04 Å². The fourth-order valence-electron chi connectivity index (χ4n) is 2.11. The predicted octanol–water partition coefficient (Wildman–Crippen LogP) is 1.17. The molecule has 0 saturated carbocycles. The van der Waals surface area contributed by atoms with Crippen LogP contribution in [0, 0.1) is 20.8 Å². The van der Waals surface area contributed by atoms with Crippen LogP contribution in [0.5, 0.6) is 0 Å². The third-order valence-electron chi connectivity index (χ3n) is 2.69. The maximum atomic E-state index is 6.13. The van der Waals surface area contributed by atoms with Crippen molar-refractivity contribution in [3.63, 3.8) is 0 Å². The van der Waals surface area contributed by atoms with Crippen LogP contribution in [0.1, 0.15) is 34.1 Å². The van der Waals surface area contributed by atoms with E-state index in [4.69, 9.17) is 5.73 Å². The molecule has 0 aliphatic carbocycles. The van der Waals surface area contributed by atoms with Gasteiger partial charge in [0, 0.05) is 0 Å². The fraction of sp³-hybridized carbons (Fsp3) is 0.364. The molecule has 16 heavy (non-hydrogen) atoms. The van der Waals surface area contributed by atoms with Crippen molar-refractivity contribution in [3.8, 4) is 0 Å². The average Bonchev–Trinajstić information content (AvgIpc) is 2.67. The van der Waals surface area contributed by atoms with Gasteiger partial charge in [0.1, 0.15) is 0 Å². The molecule has 0 radical (unpaired) electrons. The standard InChI is InChI=1S/C11H15N5/c1-6-4-7(2)9(8(3)5-6)10(12)11-13-15-16-14-11/h4-5,10H,12H2,1-3H3,(H,13,14,15,16). The van der Waals surface area contributed by atoms with Crippen molar-refractivity contribution in [2.45, 2.75) is 26.8 Å². The van der Waals surface area contributed by atoms with Crippen LogP contribution in [-0.4, -0.2) is 20.6 Å². The van der Waals surface area contributed by atoms with Gasteiger partial charge in [-0.25, -0.2) is 0 Å². The molecule has 1 unspecified atom stereocenters. The number of H-pyrrole nitrogens is 1. The number of rotatable bonds is 2. The molecule has 1 aromatic heterocycles. The van der Waals surface area contributed by atoms with Crippen molar-refractivity contribution in [1.29, 1.82) is 0 Å². The molecular formula is C11H15N5. The van der Waals surface area contributed by atoms with E-state index in [1.807, 2.05) is 0 Å². The number of nitrogens with two attached hydrogens (primary N) is 1. The minimum absolute atomic E-state index is 0.320. The quantitative estimate of drug-likeness (QED) is 0.791. The lowest BCUT2D eigenvalue weighted by Gasteiger charge is -2.15. The van der Waals surface area contributed by atoms with E-state index in [2.05, 4.69) is 53.5 Å². The first-order valence-electron chi connectivity index (χ1n) is 5.16. The molecule has 5 nitrogen and oxygen atoms in total. The first-order chi connectivity index (χ1) is 7.59. The molecule has 1 atom stereocenters. The SMILES string of the molecule is Cc1cc(C)c(C(N)c2nn[nH]n2)c(C)c1. The molecule has 2 aromatic rings. The van der Waals surface area contributed by atoms with E-state index >= 15 is 0 Å². The van der Waals surface area contributed by atoms with Crippen LogP contribution >= 0.6 is 0 Å². The van der Waals surface area contributed by atoms with Gasteiger partial charge in [0.2, 0.25) is 0 Å². The highest BCUT2D eigenvalue weighted by molar-refractivity contribution is 5.41. The topological polar surface area (TPSA) is 80.5 Å². The lowest BCUT2D eigenvalue weighted by molar-refractivity contribution is 0.772. The minimum Gasteiger partial charge on any atom is -0.318 e. The summed E-state index contributed by atoms with van der Waals surface area (Å²) in [7, 11) is 0. The van der Waals surface area contributed by atoms with E-state index in [0.717, 1.165) is 16.7 Å². The molecule has 2 rings (SSSR count). The van der Waals surface area contributed by atoms with Crippen LogP contribution in [-0.2, 0) is 0 Å². The first kappa shape index (κ1) is 10.8. The summed E-state index contributed by atoms with van der Waals surface area (Å²) < 4.78 is 0. The summed E-state index contributed by atoms with van der Waals surface area (Å²) in [4.78, 5) is 0. The van der Waals surface area contributed by atoms with Crippen molar-refractivity contribution in [1.82, 2.24) is 20.6 Å². The van der Waals surface area contributed by atoms with Crippen molar-refractivity contribution in [2.75, 3.05) is 0 Å². The van der Waals surface area contributed by atoms with Gasteiger partial charge >= 0.3 is 0 Å². The van der Waals surface area contributed by atoms with E-state index in [1.54, 1.807) is 0 Å². The Morgan fingerprint density at radius 3 is 2.31 bits per heavy atom. The molecule has 0 bridgehead atoms. The van der Waals surface area contributed by atoms with Crippen LogP contribution in [0.2, 0.25) is 0 Å². The zero-order valence-electron chi connectivity index (χ0n) is 9.65. The molecule has 0 spiro atoms. The molecule has 0 aliphatic rings. The molecule has 0 saturated heterocycles. The second kappa shape index (κ2) is 4.02. The number of tetrazole rings is 1. The van der Waals surface area contributed by atoms with Gasteiger partial charge in [-0.2, -0.15) is 5.21 Å². The molecule has 1 heterocycles.